The molecule has 0 bridgehead atoms. The standard InChI is InChI=1S/C20H28O5/c1-10(2)8-15(21)24-14-9-20(5,23)13-7-6-11(3)16(13)18-17(14)12(4)19(22)25-18/h6,8,12-14,16-18,23H,7,9H2,1-5H3. The molecule has 1 heterocycles. The van der Waals surface area contributed by atoms with E-state index in [4.69, 9.17) is 9.47 Å². The second-order valence-electron chi connectivity index (χ2n) is 8.34. The van der Waals surface area contributed by atoms with E-state index >= 15 is 0 Å². The van der Waals surface area contributed by atoms with Crippen LogP contribution < -0.4 is 0 Å². The zero-order chi connectivity index (χ0) is 18.5. The molecule has 0 aromatic rings. The largest absolute Gasteiger partial charge is 0.461 e. The molecule has 3 rings (SSSR count). The molecule has 7 atom stereocenters. The first kappa shape index (κ1) is 18.2. The molecule has 1 saturated carbocycles. The van der Waals surface area contributed by atoms with Gasteiger partial charge in [0.2, 0.25) is 0 Å². The highest BCUT2D eigenvalue weighted by Crippen LogP contribution is 2.53. The van der Waals surface area contributed by atoms with Gasteiger partial charge in [0, 0.05) is 30.3 Å². The minimum Gasteiger partial charge on any atom is -0.461 e. The predicted molar refractivity (Wildman–Crippen MR) is 92.4 cm³/mol. The summed E-state index contributed by atoms with van der Waals surface area (Å²) in [4.78, 5) is 24.5. The van der Waals surface area contributed by atoms with Crippen LogP contribution in [0.25, 0.3) is 0 Å². The van der Waals surface area contributed by atoms with Crippen LogP contribution in [-0.2, 0) is 19.1 Å². The van der Waals surface area contributed by atoms with Gasteiger partial charge in [0.25, 0.3) is 0 Å². The average molecular weight is 348 g/mol. The summed E-state index contributed by atoms with van der Waals surface area (Å²) in [5.41, 5.74) is 1.02. The Morgan fingerprint density at radius 1 is 1.44 bits per heavy atom. The van der Waals surface area contributed by atoms with Crippen molar-refractivity contribution in [2.45, 2.75) is 65.3 Å². The summed E-state index contributed by atoms with van der Waals surface area (Å²) in [5.74, 6) is -1.28. The van der Waals surface area contributed by atoms with Gasteiger partial charge in [-0.3, -0.25) is 4.79 Å². The molecule has 1 saturated heterocycles. The Labute approximate surface area is 149 Å². The molecule has 2 fully saturated rings. The van der Waals surface area contributed by atoms with Crippen molar-refractivity contribution in [3.05, 3.63) is 23.3 Å². The Morgan fingerprint density at radius 3 is 2.76 bits per heavy atom. The van der Waals surface area contributed by atoms with E-state index in [0.717, 1.165) is 17.6 Å². The van der Waals surface area contributed by atoms with Gasteiger partial charge in [-0.05, 0) is 34.1 Å². The lowest BCUT2D eigenvalue weighted by Crippen LogP contribution is -2.40. The lowest BCUT2D eigenvalue weighted by molar-refractivity contribution is -0.151. The van der Waals surface area contributed by atoms with E-state index in [1.165, 1.54) is 6.08 Å². The van der Waals surface area contributed by atoms with Crippen molar-refractivity contribution in [2.24, 2.45) is 23.7 Å². The van der Waals surface area contributed by atoms with E-state index in [1.807, 2.05) is 34.6 Å². The highest BCUT2D eigenvalue weighted by Gasteiger charge is 2.59. The summed E-state index contributed by atoms with van der Waals surface area (Å²) in [5, 5.41) is 11.1. The number of hydrogen-bond acceptors (Lipinski definition) is 5. The molecule has 1 N–H and O–H groups in total. The number of rotatable bonds is 2. The van der Waals surface area contributed by atoms with Gasteiger partial charge < -0.3 is 14.6 Å². The van der Waals surface area contributed by atoms with E-state index in [0.29, 0.717) is 6.42 Å². The van der Waals surface area contributed by atoms with Gasteiger partial charge >= 0.3 is 11.9 Å². The zero-order valence-corrected chi connectivity index (χ0v) is 15.6. The lowest BCUT2D eigenvalue weighted by atomic mass is 9.76. The first-order valence-electron chi connectivity index (χ1n) is 9.07. The smallest absolute Gasteiger partial charge is 0.330 e. The van der Waals surface area contributed by atoms with Crippen molar-refractivity contribution >= 4 is 11.9 Å². The van der Waals surface area contributed by atoms with Gasteiger partial charge in [-0.2, -0.15) is 0 Å². The molecule has 1 aliphatic heterocycles. The Balaban J connectivity index is 1.98. The second kappa shape index (κ2) is 6.27. The summed E-state index contributed by atoms with van der Waals surface area (Å²) in [6, 6.07) is 0. The van der Waals surface area contributed by atoms with Gasteiger partial charge in [0.1, 0.15) is 12.2 Å². The molecule has 5 nitrogen and oxygen atoms in total. The third-order valence-electron chi connectivity index (χ3n) is 6.10. The number of hydrogen-bond donors (Lipinski definition) is 1. The number of esters is 2. The number of allylic oxidation sites excluding steroid dienone is 2. The third kappa shape index (κ3) is 3.14. The highest BCUT2D eigenvalue weighted by molar-refractivity contribution is 5.83. The Kier molecular flexibility index (Phi) is 4.56. The Hall–Kier alpha value is -1.62. The molecule has 0 amide bonds. The molecule has 0 aromatic heterocycles. The van der Waals surface area contributed by atoms with Crippen LogP contribution in [0.15, 0.2) is 23.3 Å². The van der Waals surface area contributed by atoms with E-state index < -0.39 is 17.7 Å². The fraction of sp³-hybridized carbons (Fsp3) is 0.700. The minimum absolute atomic E-state index is 0.0129. The normalized spacial score (nSPS) is 42.6. The van der Waals surface area contributed by atoms with Crippen molar-refractivity contribution in [1.29, 1.82) is 0 Å². The van der Waals surface area contributed by atoms with Gasteiger partial charge in [-0.15, -0.1) is 0 Å². The lowest BCUT2D eigenvalue weighted by Gasteiger charge is -2.34. The zero-order valence-electron chi connectivity index (χ0n) is 15.6. The topological polar surface area (TPSA) is 72.8 Å². The van der Waals surface area contributed by atoms with Crippen LogP contribution in [-0.4, -0.2) is 34.9 Å². The fourth-order valence-corrected chi connectivity index (χ4v) is 4.88. The number of fused-ring (bicyclic) bond motifs is 3. The van der Waals surface area contributed by atoms with Gasteiger partial charge in [-0.25, -0.2) is 4.79 Å². The average Bonchev–Trinajstić information content (AvgIpc) is 2.96. The fourth-order valence-electron chi connectivity index (χ4n) is 4.88. The summed E-state index contributed by atoms with van der Waals surface area (Å²) < 4.78 is 11.5. The van der Waals surface area contributed by atoms with Crippen molar-refractivity contribution in [2.75, 3.05) is 0 Å². The summed E-state index contributed by atoms with van der Waals surface area (Å²) in [7, 11) is 0. The monoisotopic (exact) mass is 348 g/mol. The van der Waals surface area contributed by atoms with E-state index in [1.54, 1.807) is 0 Å². The van der Waals surface area contributed by atoms with Gasteiger partial charge in [0.05, 0.1) is 11.5 Å². The van der Waals surface area contributed by atoms with Crippen molar-refractivity contribution < 1.29 is 24.2 Å². The molecule has 5 heteroatoms. The van der Waals surface area contributed by atoms with Crippen molar-refractivity contribution in [3.8, 4) is 0 Å². The van der Waals surface area contributed by atoms with Crippen LogP contribution in [0.1, 0.15) is 47.5 Å². The van der Waals surface area contributed by atoms with E-state index in [2.05, 4.69) is 6.08 Å². The molecule has 25 heavy (non-hydrogen) atoms. The van der Waals surface area contributed by atoms with Gasteiger partial charge in [0.15, 0.2) is 0 Å². The van der Waals surface area contributed by atoms with Crippen molar-refractivity contribution in [1.82, 2.24) is 0 Å². The van der Waals surface area contributed by atoms with Crippen LogP contribution in [0.5, 0.6) is 0 Å². The molecule has 0 spiro atoms. The molecule has 7 unspecified atom stereocenters. The number of aliphatic hydroxyl groups is 1. The molecule has 0 aromatic carbocycles. The van der Waals surface area contributed by atoms with Crippen molar-refractivity contribution in [3.63, 3.8) is 0 Å². The number of ether oxygens (including phenoxy) is 2. The van der Waals surface area contributed by atoms with Crippen LogP contribution in [0.3, 0.4) is 0 Å². The molecule has 138 valence electrons. The summed E-state index contributed by atoms with van der Waals surface area (Å²) in [6.07, 6.45) is 3.77. The van der Waals surface area contributed by atoms with Crippen LogP contribution in [0, 0.1) is 23.7 Å². The van der Waals surface area contributed by atoms with Gasteiger partial charge in [-0.1, -0.05) is 24.1 Å². The van der Waals surface area contributed by atoms with Crippen LogP contribution >= 0.6 is 0 Å². The van der Waals surface area contributed by atoms with Crippen LogP contribution in [0.2, 0.25) is 0 Å². The number of carbonyl (C=O) groups excluding carboxylic acids is 2. The third-order valence-corrected chi connectivity index (χ3v) is 6.10. The highest BCUT2D eigenvalue weighted by atomic mass is 16.6. The Morgan fingerprint density at radius 2 is 2.12 bits per heavy atom. The molecule has 0 radical (unpaired) electrons. The maximum Gasteiger partial charge on any atom is 0.330 e. The number of carbonyl (C=O) groups is 2. The first-order chi connectivity index (χ1) is 11.6. The van der Waals surface area contributed by atoms with Crippen LogP contribution in [0.4, 0.5) is 0 Å². The molecular formula is C20H28O5. The first-order valence-corrected chi connectivity index (χ1v) is 9.07. The predicted octanol–water partition coefficient (Wildman–Crippen LogP) is 2.78. The molecule has 3 aliphatic rings. The summed E-state index contributed by atoms with van der Waals surface area (Å²) in [6.45, 7) is 9.34. The summed E-state index contributed by atoms with van der Waals surface area (Å²) >= 11 is 0. The quantitative estimate of drug-likeness (QED) is 0.472. The van der Waals surface area contributed by atoms with E-state index in [9.17, 15) is 14.7 Å². The van der Waals surface area contributed by atoms with E-state index in [-0.39, 0.29) is 35.7 Å². The maximum atomic E-state index is 12.3. The Bertz CT molecular complexity index is 640. The molecular weight excluding hydrogens is 320 g/mol. The maximum absolute atomic E-state index is 12.3. The molecule has 2 aliphatic carbocycles. The second-order valence-corrected chi connectivity index (χ2v) is 8.34. The minimum atomic E-state index is -0.981. The SMILES string of the molecule is CC(C)=CC(=O)OC1CC(C)(O)C2CC=C(C)C2C2OC(=O)C(C)C12.